The zero-order valence-corrected chi connectivity index (χ0v) is 13.5. The van der Waals surface area contributed by atoms with Gasteiger partial charge in [0.1, 0.15) is 0 Å². The average molecular weight is 314 g/mol. The third-order valence-corrected chi connectivity index (χ3v) is 4.37. The Morgan fingerprint density at radius 2 is 2.29 bits per heavy atom. The number of ether oxygens (including phenoxy) is 1. The predicted octanol–water partition coefficient (Wildman–Crippen LogP) is 1.65. The lowest BCUT2D eigenvalue weighted by Gasteiger charge is -2.36. The van der Waals surface area contributed by atoms with Crippen molar-refractivity contribution in [2.75, 3.05) is 30.4 Å². The van der Waals surface area contributed by atoms with Crippen LogP contribution in [0.25, 0.3) is 0 Å². The summed E-state index contributed by atoms with van der Waals surface area (Å²) in [6.45, 7) is 8.39. The zero-order chi connectivity index (χ0) is 15.4. The molecule has 0 radical (unpaired) electrons. The minimum absolute atomic E-state index is 0.00876. The number of rotatable bonds is 6. The van der Waals surface area contributed by atoms with Crippen molar-refractivity contribution in [1.29, 1.82) is 0 Å². The van der Waals surface area contributed by atoms with E-state index in [-0.39, 0.29) is 17.8 Å². The minimum atomic E-state index is -0.849. The maximum atomic E-state index is 10.8. The Balaban J connectivity index is 2.27. The molecule has 1 fully saturated rings. The van der Waals surface area contributed by atoms with Gasteiger partial charge in [-0.15, -0.1) is 10.2 Å². The number of carboxylic acids is 1. The fourth-order valence-corrected chi connectivity index (χ4v) is 3.18. The molecule has 0 bridgehead atoms. The van der Waals surface area contributed by atoms with Crippen LogP contribution in [0.15, 0.2) is 5.16 Å². The van der Waals surface area contributed by atoms with Crippen molar-refractivity contribution in [3.8, 4) is 0 Å². The lowest BCUT2D eigenvalue weighted by atomic mass is 10.2. The number of hydrogen-bond acceptors (Lipinski definition) is 6. The molecule has 0 amide bonds. The molecule has 7 nitrogen and oxygen atoms in total. The third kappa shape index (κ3) is 3.68. The number of carboxylic acid groups (broad SMARTS) is 1. The van der Waals surface area contributed by atoms with Gasteiger partial charge in [-0.1, -0.05) is 18.7 Å². The number of thioether (sulfide) groups is 1. The molecule has 1 aliphatic rings. The molecule has 2 heterocycles. The molecular weight excluding hydrogens is 292 g/mol. The SMILES string of the molecule is CCC1COCCN1c1nnc(SCC(=O)O)n1C(C)C. The van der Waals surface area contributed by atoms with E-state index < -0.39 is 5.97 Å². The first-order valence-corrected chi connectivity index (χ1v) is 8.17. The first kappa shape index (κ1) is 16.1. The van der Waals surface area contributed by atoms with Gasteiger partial charge in [-0.2, -0.15) is 0 Å². The summed E-state index contributed by atoms with van der Waals surface area (Å²) in [5.74, 6) is -0.0451. The fraction of sp³-hybridized carbons (Fsp3) is 0.769. The van der Waals surface area contributed by atoms with Gasteiger partial charge in [0.15, 0.2) is 5.16 Å². The lowest BCUT2D eigenvalue weighted by molar-refractivity contribution is -0.133. The Hall–Kier alpha value is -1.28. The molecule has 1 aromatic rings. The van der Waals surface area contributed by atoms with Crippen LogP contribution in [-0.2, 0) is 9.53 Å². The van der Waals surface area contributed by atoms with Crippen molar-refractivity contribution in [3.63, 3.8) is 0 Å². The van der Waals surface area contributed by atoms with Gasteiger partial charge in [0.2, 0.25) is 5.95 Å². The van der Waals surface area contributed by atoms with E-state index in [1.165, 1.54) is 11.8 Å². The van der Waals surface area contributed by atoms with Crippen molar-refractivity contribution in [1.82, 2.24) is 14.8 Å². The van der Waals surface area contributed by atoms with Gasteiger partial charge in [-0.3, -0.25) is 9.36 Å². The highest BCUT2D eigenvalue weighted by atomic mass is 32.2. The topological polar surface area (TPSA) is 80.5 Å². The van der Waals surface area contributed by atoms with Gasteiger partial charge >= 0.3 is 5.97 Å². The highest BCUT2D eigenvalue weighted by Crippen LogP contribution is 2.28. The quantitative estimate of drug-likeness (QED) is 0.800. The number of morpholine rings is 1. The summed E-state index contributed by atoms with van der Waals surface area (Å²) < 4.78 is 7.54. The summed E-state index contributed by atoms with van der Waals surface area (Å²) in [6.07, 6.45) is 0.975. The van der Waals surface area contributed by atoms with Crippen LogP contribution in [0, 0.1) is 0 Å². The van der Waals surface area contributed by atoms with Crippen molar-refractivity contribution in [2.45, 2.75) is 44.4 Å². The molecule has 2 rings (SSSR count). The zero-order valence-electron chi connectivity index (χ0n) is 12.7. The molecule has 1 saturated heterocycles. The minimum Gasteiger partial charge on any atom is -0.481 e. The van der Waals surface area contributed by atoms with Crippen LogP contribution < -0.4 is 4.90 Å². The van der Waals surface area contributed by atoms with E-state index in [4.69, 9.17) is 9.84 Å². The van der Waals surface area contributed by atoms with E-state index in [0.717, 1.165) is 18.9 Å². The van der Waals surface area contributed by atoms with Crippen LogP contribution in [0.3, 0.4) is 0 Å². The Morgan fingerprint density at radius 3 is 2.90 bits per heavy atom. The van der Waals surface area contributed by atoms with Gasteiger partial charge in [0.05, 0.1) is 25.0 Å². The van der Waals surface area contributed by atoms with Crippen LogP contribution in [0.1, 0.15) is 33.2 Å². The summed E-state index contributed by atoms with van der Waals surface area (Å²) in [5, 5.41) is 18.0. The maximum absolute atomic E-state index is 10.8. The molecule has 1 aliphatic heterocycles. The molecule has 0 aromatic carbocycles. The Morgan fingerprint density at radius 1 is 1.52 bits per heavy atom. The molecule has 1 N–H and O–H groups in total. The Labute approximate surface area is 128 Å². The molecule has 118 valence electrons. The molecule has 0 saturated carbocycles. The molecule has 0 aliphatic carbocycles. The second kappa shape index (κ2) is 7.13. The second-order valence-corrected chi connectivity index (χ2v) is 6.20. The standard InChI is InChI=1S/C13H22N4O3S/c1-4-10-7-20-6-5-16(10)12-14-15-13(17(12)9(2)3)21-8-11(18)19/h9-10H,4-8H2,1-3H3,(H,18,19). The highest BCUT2D eigenvalue weighted by Gasteiger charge is 2.28. The first-order valence-electron chi connectivity index (χ1n) is 7.18. The van der Waals surface area contributed by atoms with Crippen LogP contribution in [0.2, 0.25) is 0 Å². The Kier molecular flexibility index (Phi) is 5.46. The normalized spacial score (nSPS) is 19.2. The highest BCUT2D eigenvalue weighted by molar-refractivity contribution is 7.99. The van der Waals surface area contributed by atoms with Crippen LogP contribution >= 0.6 is 11.8 Å². The lowest BCUT2D eigenvalue weighted by Crippen LogP contribution is -2.46. The molecule has 1 unspecified atom stereocenters. The summed E-state index contributed by atoms with van der Waals surface area (Å²) in [6, 6.07) is 0.462. The van der Waals surface area contributed by atoms with Gasteiger partial charge in [-0.25, -0.2) is 0 Å². The fourth-order valence-electron chi connectivity index (χ4n) is 2.40. The van der Waals surface area contributed by atoms with E-state index in [9.17, 15) is 4.79 Å². The number of aliphatic carboxylic acids is 1. The molecule has 1 aromatic heterocycles. The predicted molar refractivity (Wildman–Crippen MR) is 81.0 cm³/mol. The van der Waals surface area contributed by atoms with Crippen molar-refractivity contribution >= 4 is 23.7 Å². The third-order valence-electron chi connectivity index (χ3n) is 3.44. The van der Waals surface area contributed by atoms with Gasteiger partial charge in [-0.05, 0) is 20.3 Å². The monoisotopic (exact) mass is 314 g/mol. The number of carbonyl (C=O) groups is 1. The van der Waals surface area contributed by atoms with E-state index in [2.05, 4.69) is 35.9 Å². The molecule has 21 heavy (non-hydrogen) atoms. The van der Waals surface area contributed by atoms with E-state index in [1.807, 2.05) is 4.57 Å². The van der Waals surface area contributed by atoms with Crippen molar-refractivity contribution < 1.29 is 14.6 Å². The van der Waals surface area contributed by atoms with Crippen molar-refractivity contribution in [2.24, 2.45) is 0 Å². The summed E-state index contributed by atoms with van der Waals surface area (Å²) in [4.78, 5) is 13.0. The van der Waals surface area contributed by atoms with Gasteiger partial charge in [0.25, 0.3) is 0 Å². The maximum Gasteiger partial charge on any atom is 0.313 e. The number of hydrogen-bond donors (Lipinski definition) is 1. The van der Waals surface area contributed by atoms with Crippen molar-refractivity contribution in [3.05, 3.63) is 0 Å². The van der Waals surface area contributed by atoms with Crippen LogP contribution in [0.5, 0.6) is 0 Å². The number of aromatic nitrogens is 3. The smallest absolute Gasteiger partial charge is 0.313 e. The summed E-state index contributed by atoms with van der Waals surface area (Å²) in [7, 11) is 0. The van der Waals surface area contributed by atoms with Crippen LogP contribution in [-0.4, -0.2) is 57.4 Å². The first-order chi connectivity index (χ1) is 10.0. The van der Waals surface area contributed by atoms with Gasteiger partial charge in [0, 0.05) is 12.6 Å². The molecule has 1 atom stereocenters. The number of nitrogens with zero attached hydrogens (tertiary/aromatic N) is 4. The van der Waals surface area contributed by atoms with Crippen LogP contribution in [0.4, 0.5) is 5.95 Å². The van der Waals surface area contributed by atoms with E-state index >= 15 is 0 Å². The summed E-state index contributed by atoms with van der Waals surface area (Å²) in [5.41, 5.74) is 0. The second-order valence-electron chi connectivity index (χ2n) is 5.26. The largest absolute Gasteiger partial charge is 0.481 e. The molecule has 8 heteroatoms. The number of anilines is 1. The molecule has 0 spiro atoms. The molecular formula is C13H22N4O3S. The van der Waals surface area contributed by atoms with E-state index in [1.54, 1.807) is 0 Å². The Bertz CT molecular complexity index is 492. The average Bonchev–Trinajstić information content (AvgIpc) is 2.88. The summed E-state index contributed by atoms with van der Waals surface area (Å²) >= 11 is 1.21. The van der Waals surface area contributed by atoms with Gasteiger partial charge < -0.3 is 14.7 Å². The van der Waals surface area contributed by atoms with E-state index in [0.29, 0.717) is 18.4 Å².